The molecule has 0 bridgehead atoms. The van der Waals surface area contributed by atoms with Gasteiger partial charge in [0.1, 0.15) is 5.82 Å². The summed E-state index contributed by atoms with van der Waals surface area (Å²) in [6, 6.07) is 25.3. The van der Waals surface area contributed by atoms with Gasteiger partial charge >= 0.3 is 0 Å². The van der Waals surface area contributed by atoms with Gasteiger partial charge in [-0.05, 0) is 25.5 Å². The Morgan fingerprint density at radius 3 is 1.95 bits per heavy atom. The first-order valence-electron chi connectivity index (χ1n) is 14.8. The fourth-order valence-corrected chi connectivity index (χ4v) is 5.38. The lowest BCUT2D eigenvalue weighted by Crippen LogP contribution is -2.26. The van der Waals surface area contributed by atoms with E-state index in [2.05, 4.69) is 90.0 Å². The zero-order valence-electron chi connectivity index (χ0n) is 25.4. The number of aromatic nitrogens is 2. The van der Waals surface area contributed by atoms with Gasteiger partial charge in [0.2, 0.25) is 5.75 Å². The predicted molar refractivity (Wildman–Crippen MR) is 168 cm³/mol. The Morgan fingerprint density at radius 2 is 1.34 bits per heavy atom. The molecule has 0 radical (unpaired) electrons. The zero-order valence-corrected chi connectivity index (χ0v) is 25.4. The Bertz CT molecular complexity index is 1350. The van der Waals surface area contributed by atoms with Crippen LogP contribution in [-0.4, -0.2) is 42.3 Å². The fraction of sp³-hybridized carbons (Fsp3) is 0.400. The van der Waals surface area contributed by atoms with Crippen molar-refractivity contribution in [2.75, 3.05) is 27.9 Å². The molecule has 0 aliphatic heterocycles. The lowest BCUT2D eigenvalue weighted by atomic mass is 10.1. The summed E-state index contributed by atoms with van der Waals surface area (Å²) < 4.78 is 19.6. The second-order valence-electron chi connectivity index (χ2n) is 10.4. The number of imidazole rings is 1. The van der Waals surface area contributed by atoms with Crippen LogP contribution in [0.2, 0.25) is 0 Å². The lowest BCUT2D eigenvalue weighted by molar-refractivity contribution is 0.240. The molecule has 218 valence electrons. The Balaban J connectivity index is 1.81. The molecule has 4 aromatic rings. The molecule has 4 rings (SSSR count). The van der Waals surface area contributed by atoms with Crippen molar-refractivity contribution in [3.05, 3.63) is 84.1 Å². The topological polar surface area (TPSA) is 48.8 Å². The van der Waals surface area contributed by atoms with Crippen LogP contribution in [0, 0.1) is 0 Å². The van der Waals surface area contributed by atoms with Crippen molar-refractivity contribution < 1.29 is 14.2 Å². The summed E-state index contributed by atoms with van der Waals surface area (Å²) in [5, 5.41) is 0. The van der Waals surface area contributed by atoms with Crippen molar-refractivity contribution in [3.63, 3.8) is 0 Å². The van der Waals surface area contributed by atoms with E-state index >= 15 is 0 Å². The van der Waals surface area contributed by atoms with Crippen molar-refractivity contribution in [2.24, 2.45) is 0 Å². The van der Waals surface area contributed by atoms with Crippen LogP contribution >= 0.6 is 0 Å². The molecule has 6 nitrogen and oxygen atoms in total. The summed E-state index contributed by atoms with van der Waals surface area (Å²) in [6.45, 7) is 7.89. The number of ether oxygens (including phenoxy) is 3. The van der Waals surface area contributed by atoms with Gasteiger partial charge in [-0.1, -0.05) is 99.8 Å². The molecule has 41 heavy (non-hydrogen) atoms. The standard InChI is InChI=1S/C35H45N3O3/c1-6-8-16-24-38-30(32(27-17-12-10-13-18-27)36-35(38)28-19-14-11-15-20-28)26-37(23-9-7-2)25-29-21-22-31(39-3)34(41-5)33(29)40-4/h10-15,17-22H,6-9,16,23-26H2,1-5H3. The van der Waals surface area contributed by atoms with E-state index in [4.69, 9.17) is 19.2 Å². The number of methoxy groups -OCH3 is 3. The molecule has 0 amide bonds. The Kier molecular flexibility index (Phi) is 11.3. The number of benzene rings is 3. The van der Waals surface area contributed by atoms with Crippen LogP contribution in [-0.2, 0) is 19.6 Å². The average Bonchev–Trinajstić information content (AvgIpc) is 3.38. The van der Waals surface area contributed by atoms with Crippen LogP contribution in [0.25, 0.3) is 22.6 Å². The fourth-order valence-electron chi connectivity index (χ4n) is 5.38. The highest BCUT2D eigenvalue weighted by molar-refractivity contribution is 5.68. The predicted octanol–water partition coefficient (Wildman–Crippen LogP) is 8.24. The minimum atomic E-state index is 0.629. The molecule has 0 aliphatic carbocycles. The van der Waals surface area contributed by atoms with Gasteiger partial charge in [0, 0.05) is 36.3 Å². The SMILES string of the molecule is CCCCCn1c(-c2ccccc2)nc(-c2ccccc2)c1CN(CCCC)Cc1ccc(OC)c(OC)c1OC. The first-order valence-corrected chi connectivity index (χ1v) is 14.8. The van der Waals surface area contributed by atoms with Crippen LogP contribution < -0.4 is 14.2 Å². The van der Waals surface area contributed by atoms with E-state index in [-0.39, 0.29) is 0 Å². The second kappa shape index (κ2) is 15.3. The first-order chi connectivity index (χ1) is 20.1. The molecule has 1 aromatic heterocycles. The second-order valence-corrected chi connectivity index (χ2v) is 10.4. The van der Waals surface area contributed by atoms with Gasteiger partial charge < -0.3 is 18.8 Å². The van der Waals surface area contributed by atoms with E-state index in [0.717, 1.165) is 79.4 Å². The number of hydrogen-bond donors (Lipinski definition) is 0. The summed E-state index contributed by atoms with van der Waals surface area (Å²) >= 11 is 0. The van der Waals surface area contributed by atoms with Gasteiger partial charge in [0.05, 0.1) is 32.7 Å². The normalized spacial score (nSPS) is 11.2. The molecule has 0 spiro atoms. The van der Waals surface area contributed by atoms with E-state index in [0.29, 0.717) is 11.5 Å². The number of rotatable bonds is 16. The molecular weight excluding hydrogens is 510 g/mol. The van der Waals surface area contributed by atoms with Gasteiger partial charge in [-0.3, -0.25) is 4.90 Å². The summed E-state index contributed by atoms with van der Waals surface area (Å²) in [7, 11) is 5.00. The third-order valence-electron chi connectivity index (χ3n) is 7.52. The molecule has 3 aromatic carbocycles. The van der Waals surface area contributed by atoms with E-state index in [9.17, 15) is 0 Å². The highest BCUT2D eigenvalue weighted by atomic mass is 16.5. The van der Waals surface area contributed by atoms with E-state index in [1.165, 1.54) is 18.5 Å². The molecule has 0 N–H and O–H groups in total. The first kappa shape index (κ1) is 30.2. The van der Waals surface area contributed by atoms with Gasteiger partial charge in [-0.15, -0.1) is 0 Å². The lowest BCUT2D eigenvalue weighted by Gasteiger charge is -2.26. The highest BCUT2D eigenvalue weighted by Gasteiger charge is 2.23. The largest absolute Gasteiger partial charge is 0.493 e. The van der Waals surface area contributed by atoms with Gasteiger partial charge in [0.15, 0.2) is 11.5 Å². The van der Waals surface area contributed by atoms with Crippen molar-refractivity contribution in [1.82, 2.24) is 14.5 Å². The van der Waals surface area contributed by atoms with Gasteiger partial charge in [-0.25, -0.2) is 4.98 Å². The van der Waals surface area contributed by atoms with Crippen molar-refractivity contribution >= 4 is 0 Å². The van der Waals surface area contributed by atoms with Crippen molar-refractivity contribution in [3.8, 4) is 39.9 Å². The summed E-state index contributed by atoms with van der Waals surface area (Å²) in [4.78, 5) is 7.84. The van der Waals surface area contributed by atoms with Gasteiger partial charge in [0.25, 0.3) is 0 Å². The summed E-state index contributed by atoms with van der Waals surface area (Å²) in [5.41, 5.74) is 5.67. The minimum absolute atomic E-state index is 0.629. The Morgan fingerprint density at radius 1 is 0.683 bits per heavy atom. The number of unbranched alkanes of at least 4 members (excludes halogenated alkanes) is 3. The van der Waals surface area contributed by atoms with Crippen molar-refractivity contribution in [2.45, 2.75) is 65.6 Å². The summed E-state index contributed by atoms with van der Waals surface area (Å²) in [6.07, 6.45) is 5.71. The van der Waals surface area contributed by atoms with Crippen LogP contribution in [0.3, 0.4) is 0 Å². The molecule has 0 saturated carbocycles. The monoisotopic (exact) mass is 555 g/mol. The Hall–Kier alpha value is -3.77. The van der Waals surface area contributed by atoms with Crippen LogP contribution in [0.15, 0.2) is 72.8 Å². The number of nitrogens with zero attached hydrogens (tertiary/aromatic N) is 3. The summed E-state index contributed by atoms with van der Waals surface area (Å²) in [5.74, 6) is 3.05. The molecule has 1 heterocycles. The van der Waals surface area contributed by atoms with Crippen LogP contribution in [0.1, 0.15) is 57.2 Å². The Labute approximate surface area is 245 Å². The third-order valence-corrected chi connectivity index (χ3v) is 7.52. The van der Waals surface area contributed by atoms with Crippen molar-refractivity contribution in [1.29, 1.82) is 0 Å². The molecular formula is C35H45N3O3. The zero-order chi connectivity index (χ0) is 29.0. The minimum Gasteiger partial charge on any atom is -0.493 e. The van der Waals surface area contributed by atoms with Crippen LogP contribution in [0.4, 0.5) is 0 Å². The molecule has 0 atom stereocenters. The maximum atomic E-state index is 5.86. The third kappa shape index (κ3) is 7.31. The number of hydrogen-bond acceptors (Lipinski definition) is 5. The van der Waals surface area contributed by atoms with Gasteiger partial charge in [-0.2, -0.15) is 0 Å². The molecule has 0 saturated heterocycles. The van der Waals surface area contributed by atoms with E-state index in [1.807, 2.05) is 6.07 Å². The quantitative estimate of drug-likeness (QED) is 0.130. The molecule has 6 heteroatoms. The van der Waals surface area contributed by atoms with E-state index in [1.54, 1.807) is 21.3 Å². The highest BCUT2D eigenvalue weighted by Crippen LogP contribution is 2.40. The molecule has 0 fully saturated rings. The smallest absolute Gasteiger partial charge is 0.203 e. The molecule has 0 aliphatic rings. The molecule has 0 unspecified atom stereocenters. The average molecular weight is 556 g/mol. The van der Waals surface area contributed by atoms with E-state index < -0.39 is 0 Å². The maximum absolute atomic E-state index is 5.86. The van der Waals surface area contributed by atoms with Crippen LogP contribution in [0.5, 0.6) is 17.2 Å². The maximum Gasteiger partial charge on any atom is 0.203 e.